The third-order valence-electron chi connectivity index (χ3n) is 7.79. The molecule has 0 N–H and O–H groups in total. The molecule has 2 aliphatic carbocycles. The van der Waals surface area contributed by atoms with E-state index in [0.717, 1.165) is 44.9 Å². The molecular formula is C42H36N4O. The zero-order chi connectivity index (χ0) is 32.1. The molecule has 3 aliphatic rings. The predicted molar refractivity (Wildman–Crippen MR) is 194 cm³/mol. The van der Waals surface area contributed by atoms with Crippen LogP contribution in [0, 0.1) is 0 Å². The fourth-order valence-electron chi connectivity index (χ4n) is 5.54. The minimum Gasteiger partial charge on any atom is -0.307 e. The van der Waals surface area contributed by atoms with Crippen molar-refractivity contribution in [1.29, 1.82) is 0 Å². The van der Waals surface area contributed by atoms with Crippen molar-refractivity contribution in [3.8, 4) is 22.5 Å². The number of allylic oxidation sites excluding steroid dienone is 23. The number of benzene rings is 2. The summed E-state index contributed by atoms with van der Waals surface area (Å²) in [5.74, 6) is 0.00570. The van der Waals surface area contributed by atoms with Crippen molar-refractivity contribution in [3.63, 3.8) is 0 Å². The number of amides is 1. The molecule has 0 unspecified atom stereocenters. The summed E-state index contributed by atoms with van der Waals surface area (Å²) in [6.07, 6.45) is 44.3. The molecule has 3 aromatic rings. The first-order valence-corrected chi connectivity index (χ1v) is 15.8. The lowest BCUT2D eigenvalue weighted by atomic mass is 9.95. The monoisotopic (exact) mass is 612 g/mol. The first-order chi connectivity index (χ1) is 23.3. The van der Waals surface area contributed by atoms with E-state index in [4.69, 9.17) is 10.3 Å². The van der Waals surface area contributed by atoms with Crippen LogP contribution in [0.15, 0.2) is 193 Å². The minimum atomic E-state index is 0.00570. The number of anilines is 1. The molecule has 47 heavy (non-hydrogen) atoms. The lowest BCUT2D eigenvalue weighted by Crippen LogP contribution is -2.32. The second-order valence-electron chi connectivity index (χ2n) is 11.1. The third kappa shape index (κ3) is 7.96. The van der Waals surface area contributed by atoms with Crippen molar-refractivity contribution < 1.29 is 4.79 Å². The number of fused-ring (bicyclic) bond motifs is 5. The second kappa shape index (κ2) is 15.8. The van der Waals surface area contributed by atoms with Crippen LogP contribution < -0.4 is 4.90 Å². The van der Waals surface area contributed by atoms with Gasteiger partial charge in [0.15, 0.2) is 0 Å². The van der Waals surface area contributed by atoms with Gasteiger partial charge in [-0.15, -0.1) is 5.10 Å². The molecule has 6 rings (SSSR count). The molecule has 5 heteroatoms. The lowest BCUT2D eigenvalue weighted by molar-refractivity contribution is -0.118. The normalized spacial score (nSPS) is 21.1. The van der Waals surface area contributed by atoms with Crippen LogP contribution >= 0.6 is 0 Å². The maximum absolute atomic E-state index is 14.2. The predicted octanol–water partition coefficient (Wildman–Crippen LogP) is 9.29. The van der Waals surface area contributed by atoms with Crippen LogP contribution in [-0.4, -0.2) is 20.9 Å². The number of rotatable bonds is 4. The summed E-state index contributed by atoms with van der Waals surface area (Å²) in [6, 6.07) is 16.3. The van der Waals surface area contributed by atoms with Gasteiger partial charge in [-0.2, -0.15) is 0 Å². The van der Waals surface area contributed by atoms with Crippen molar-refractivity contribution in [1.82, 2.24) is 15.0 Å². The summed E-state index contributed by atoms with van der Waals surface area (Å²) in [7, 11) is 0. The highest BCUT2D eigenvalue weighted by atomic mass is 16.2. The van der Waals surface area contributed by atoms with Gasteiger partial charge >= 0.3 is 0 Å². The Balaban J connectivity index is 1.39. The average molecular weight is 613 g/mol. The van der Waals surface area contributed by atoms with Crippen LogP contribution in [0.25, 0.3) is 22.5 Å². The SMILES string of the molecule is O=C(CC1=C\C=C/C=C\C=C/C=C\C=C1)N1Cc2ccccc2-c2c(nnn2CC2=C\C=C/C=C\C=C/C=C\C=C2)-c2ccccc21. The Labute approximate surface area is 276 Å². The zero-order valence-electron chi connectivity index (χ0n) is 26.1. The Morgan fingerprint density at radius 3 is 1.81 bits per heavy atom. The molecule has 5 nitrogen and oxygen atoms in total. The molecule has 2 aromatic carbocycles. The Bertz CT molecular complexity index is 1980. The fourth-order valence-corrected chi connectivity index (χ4v) is 5.54. The number of nitrogens with zero attached hydrogens (tertiary/aromatic N) is 4. The first-order valence-electron chi connectivity index (χ1n) is 15.8. The van der Waals surface area contributed by atoms with Gasteiger partial charge in [0.25, 0.3) is 0 Å². The average Bonchev–Trinajstić information content (AvgIpc) is 3.48. The zero-order valence-corrected chi connectivity index (χ0v) is 26.1. The van der Waals surface area contributed by atoms with Crippen LogP contribution in [-0.2, 0) is 17.9 Å². The van der Waals surface area contributed by atoms with Gasteiger partial charge in [-0.25, -0.2) is 4.68 Å². The summed E-state index contributed by atoms with van der Waals surface area (Å²) < 4.78 is 1.97. The van der Waals surface area contributed by atoms with E-state index in [2.05, 4.69) is 24.3 Å². The number of aromatic nitrogens is 3. The molecule has 2 heterocycles. The molecular weight excluding hydrogens is 576 g/mol. The Hall–Kier alpha value is -6.07. The molecule has 1 aliphatic heterocycles. The molecule has 0 radical (unpaired) electrons. The topological polar surface area (TPSA) is 51.0 Å². The van der Waals surface area contributed by atoms with Gasteiger partial charge < -0.3 is 4.90 Å². The third-order valence-corrected chi connectivity index (χ3v) is 7.79. The van der Waals surface area contributed by atoms with Crippen molar-refractivity contribution in [3.05, 3.63) is 199 Å². The van der Waals surface area contributed by atoms with E-state index in [0.29, 0.717) is 13.1 Å². The maximum Gasteiger partial charge on any atom is 0.231 e. The Morgan fingerprint density at radius 2 is 1.13 bits per heavy atom. The molecule has 1 amide bonds. The number of hydrogen-bond donors (Lipinski definition) is 0. The second-order valence-corrected chi connectivity index (χ2v) is 11.1. The highest BCUT2D eigenvalue weighted by Crippen LogP contribution is 2.41. The summed E-state index contributed by atoms with van der Waals surface area (Å²) in [5.41, 5.74) is 7.43. The summed E-state index contributed by atoms with van der Waals surface area (Å²) in [6.45, 7) is 0.954. The van der Waals surface area contributed by atoms with Gasteiger partial charge in [0, 0.05) is 11.1 Å². The molecule has 0 fully saturated rings. The van der Waals surface area contributed by atoms with Crippen LogP contribution in [0.5, 0.6) is 0 Å². The molecule has 0 spiro atoms. The van der Waals surface area contributed by atoms with Crippen molar-refractivity contribution >= 4 is 11.6 Å². The van der Waals surface area contributed by atoms with E-state index >= 15 is 0 Å². The molecule has 0 atom stereocenters. The first kappa shape index (κ1) is 30.9. The van der Waals surface area contributed by atoms with Gasteiger partial charge in [0.2, 0.25) is 5.91 Å². The van der Waals surface area contributed by atoms with Crippen LogP contribution in [0.2, 0.25) is 0 Å². The quantitative estimate of drug-likeness (QED) is 0.295. The maximum atomic E-state index is 14.2. The lowest BCUT2D eigenvalue weighted by Gasteiger charge is -2.29. The number of carbonyl (C=O) groups excluding carboxylic acids is 1. The smallest absolute Gasteiger partial charge is 0.231 e. The van der Waals surface area contributed by atoms with E-state index in [9.17, 15) is 4.79 Å². The molecule has 230 valence electrons. The Morgan fingerprint density at radius 1 is 0.596 bits per heavy atom. The van der Waals surface area contributed by atoms with Crippen molar-refractivity contribution in [2.45, 2.75) is 19.5 Å². The van der Waals surface area contributed by atoms with Gasteiger partial charge in [-0.1, -0.05) is 181 Å². The molecule has 0 bridgehead atoms. The standard InChI is InChI=1S/C42H36N4O/c47-40(31-34-23-15-11-7-3-1-4-8-12-16-24-34)45-33-36-27-19-20-28-37(36)42-41(38-29-21-22-30-39(38)45)43-44-46(42)32-35-25-17-13-9-5-2-6-10-14-18-26-35/h1-30H,31-33H2/b3-1-,4-1?,5-2-,6-2?,7-3?,8-4-,9-5?,10-6-,11-7-,12-8?,13-9-,14-10?,15-11?,16-12-,17-13?,18-14-,23-15?,24-16?,25-17?,26-18?,34-23?,34-24?,35-25?,35-26?. The van der Waals surface area contributed by atoms with Gasteiger partial charge in [-0.3, -0.25) is 4.79 Å². The summed E-state index contributed by atoms with van der Waals surface area (Å²) >= 11 is 0. The van der Waals surface area contributed by atoms with Gasteiger partial charge in [0.05, 0.1) is 30.9 Å². The molecule has 0 saturated carbocycles. The minimum absolute atomic E-state index is 0.00570. The number of para-hydroxylation sites is 1. The largest absolute Gasteiger partial charge is 0.307 e. The van der Waals surface area contributed by atoms with Gasteiger partial charge in [-0.05, 0) is 22.8 Å². The summed E-state index contributed by atoms with van der Waals surface area (Å²) in [5, 5.41) is 9.45. The van der Waals surface area contributed by atoms with Crippen molar-refractivity contribution in [2.75, 3.05) is 4.90 Å². The van der Waals surface area contributed by atoms with Crippen LogP contribution in [0.3, 0.4) is 0 Å². The van der Waals surface area contributed by atoms with E-state index in [-0.39, 0.29) is 12.3 Å². The van der Waals surface area contributed by atoms with Gasteiger partial charge in [0.1, 0.15) is 5.69 Å². The number of carbonyl (C=O) groups is 1. The molecule has 1 aromatic heterocycles. The Kier molecular flexibility index (Phi) is 10.4. The fraction of sp³-hybridized carbons (Fsp3) is 0.0714. The highest BCUT2D eigenvalue weighted by Gasteiger charge is 2.29. The van der Waals surface area contributed by atoms with E-state index in [1.165, 1.54) is 0 Å². The van der Waals surface area contributed by atoms with Crippen LogP contribution in [0.4, 0.5) is 5.69 Å². The summed E-state index contributed by atoms with van der Waals surface area (Å²) in [4.78, 5) is 16.1. The number of hydrogen-bond acceptors (Lipinski definition) is 3. The van der Waals surface area contributed by atoms with E-state index in [1.54, 1.807) is 0 Å². The van der Waals surface area contributed by atoms with E-state index < -0.39 is 0 Å². The molecule has 0 saturated heterocycles. The highest BCUT2D eigenvalue weighted by molar-refractivity contribution is 6.01. The van der Waals surface area contributed by atoms with Crippen LogP contribution in [0.1, 0.15) is 12.0 Å². The van der Waals surface area contributed by atoms with E-state index in [1.807, 2.05) is 168 Å². The van der Waals surface area contributed by atoms with Crippen molar-refractivity contribution in [2.24, 2.45) is 0 Å².